The first-order chi connectivity index (χ1) is 8.58. The van der Waals surface area contributed by atoms with Gasteiger partial charge in [0.1, 0.15) is 5.92 Å². The van der Waals surface area contributed by atoms with Crippen molar-refractivity contribution in [1.82, 2.24) is 0 Å². The Balaban J connectivity index is 2.70. The summed E-state index contributed by atoms with van der Waals surface area (Å²) in [6.45, 7) is 1.92. The molecule has 3 N–H and O–H groups in total. The number of nitrogens with two attached hydrogens (primary N) is 1. The Hall–Kier alpha value is -2.35. The number of rotatable bonds is 5. The number of nitriles is 1. The van der Waals surface area contributed by atoms with Gasteiger partial charge in [0.05, 0.1) is 6.07 Å². The van der Waals surface area contributed by atoms with Crippen molar-refractivity contribution < 1.29 is 9.59 Å². The van der Waals surface area contributed by atoms with Gasteiger partial charge in [-0.2, -0.15) is 5.26 Å². The van der Waals surface area contributed by atoms with Crippen LogP contribution in [0.5, 0.6) is 0 Å². The minimum atomic E-state index is -0.647. The predicted molar refractivity (Wildman–Crippen MR) is 67.6 cm³/mol. The van der Waals surface area contributed by atoms with Gasteiger partial charge >= 0.3 is 0 Å². The first-order valence-corrected chi connectivity index (χ1v) is 5.68. The van der Waals surface area contributed by atoms with Crippen LogP contribution in [0.3, 0.4) is 0 Å². The van der Waals surface area contributed by atoms with Crippen molar-refractivity contribution in [3.63, 3.8) is 0 Å². The van der Waals surface area contributed by atoms with Crippen LogP contribution < -0.4 is 11.1 Å². The Morgan fingerprint density at radius 1 is 1.39 bits per heavy atom. The number of nitrogens with zero attached hydrogens (tertiary/aromatic N) is 1. The van der Waals surface area contributed by atoms with Crippen LogP contribution in [0.15, 0.2) is 24.3 Å². The van der Waals surface area contributed by atoms with Crippen LogP contribution in [0.4, 0.5) is 5.69 Å². The molecule has 5 nitrogen and oxygen atoms in total. The zero-order valence-corrected chi connectivity index (χ0v) is 10.1. The maximum atomic E-state index is 11.7. The number of hydrogen-bond donors (Lipinski definition) is 2. The second kappa shape index (κ2) is 6.40. The van der Waals surface area contributed by atoms with Gasteiger partial charge in [0.15, 0.2) is 0 Å². The molecule has 0 aliphatic carbocycles. The molecule has 5 heteroatoms. The second-order valence-electron chi connectivity index (χ2n) is 3.90. The molecule has 0 bridgehead atoms. The minimum absolute atomic E-state index is 0.328. The third-order valence-corrected chi connectivity index (χ3v) is 2.49. The van der Waals surface area contributed by atoms with Gasteiger partial charge in [-0.3, -0.25) is 9.59 Å². The lowest BCUT2D eigenvalue weighted by Gasteiger charge is -2.09. The molecule has 1 aromatic carbocycles. The largest absolute Gasteiger partial charge is 0.366 e. The Morgan fingerprint density at radius 3 is 2.44 bits per heavy atom. The Kier molecular flexibility index (Phi) is 4.88. The highest BCUT2D eigenvalue weighted by molar-refractivity contribution is 5.96. The molecule has 0 saturated heterocycles. The van der Waals surface area contributed by atoms with Crippen LogP contribution in [0.1, 0.15) is 30.1 Å². The van der Waals surface area contributed by atoms with Crippen LogP contribution in [-0.2, 0) is 4.79 Å². The van der Waals surface area contributed by atoms with Crippen molar-refractivity contribution in [3.8, 4) is 6.07 Å². The van der Waals surface area contributed by atoms with Crippen molar-refractivity contribution in [2.45, 2.75) is 19.8 Å². The van der Waals surface area contributed by atoms with Crippen molar-refractivity contribution in [2.75, 3.05) is 5.32 Å². The maximum absolute atomic E-state index is 11.7. The van der Waals surface area contributed by atoms with Crippen LogP contribution in [0.25, 0.3) is 0 Å². The van der Waals surface area contributed by atoms with E-state index in [1.165, 1.54) is 12.1 Å². The number of hydrogen-bond acceptors (Lipinski definition) is 3. The fourth-order valence-corrected chi connectivity index (χ4v) is 1.49. The van der Waals surface area contributed by atoms with E-state index in [9.17, 15) is 9.59 Å². The molecule has 1 atom stereocenters. The fourth-order valence-electron chi connectivity index (χ4n) is 1.49. The average Bonchev–Trinajstić information content (AvgIpc) is 2.36. The zero-order valence-electron chi connectivity index (χ0n) is 10.1. The summed E-state index contributed by atoms with van der Waals surface area (Å²) in [5, 5.41) is 11.5. The average molecular weight is 245 g/mol. The van der Waals surface area contributed by atoms with E-state index in [1.807, 2.05) is 13.0 Å². The zero-order chi connectivity index (χ0) is 13.5. The molecule has 2 amide bonds. The molecule has 0 aliphatic rings. The first-order valence-electron chi connectivity index (χ1n) is 5.68. The van der Waals surface area contributed by atoms with Gasteiger partial charge in [0, 0.05) is 11.3 Å². The SMILES string of the molecule is CCCC(C#N)C(=O)Nc1ccc(C(N)=O)cc1. The first kappa shape index (κ1) is 13.7. The summed E-state index contributed by atoms with van der Waals surface area (Å²) in [4.78, 5) is 22.6. The highest BCUT2D eigenvalue weighted by Gasteiger charge is 2.16. The van der Waals surface area contributed by atoms with Crippen LogP contribution in [0.2, 0.25) is 0 Å². The molecule has 0 heterocycles. The van der Waals surface area contributed by atoms with Gasteiger partial charge in [-0.05, 0) is 30.7 Å². The van der Waals surface area contributed by atoms with E-state index < -0.39 is 11.8 Å². The quantitative estimate of drug-likeness (QED) is 0.825. The van der Waals surface area contributed by atoms with Gasteiger partial charge in [0.2, 0.25) is 11.8 Å². The van der Waals surface area contributed by atoms with E-state index in [0.717, 1.165) is 6.42 Å². The third-order valence-electron chi connectivity index (χ3n) is 2.49. The van der Waals surface area contributed by atoms with Gasteiger partial charge in [-0.15, -0.1) is 0 Å². The van der Waals surface area contributed by atoms with E-state index in [4.69, 9.17) is 11.0 Å². The predicted octanol–water partition coefficient (Wildman–Crippen LogP) is 1.66. The van der Waals surface area contributed by atoms with Crippen LogP contribution >= 0.6 is 0 Å². The molecule has 0 fully saturated rings. The lowest BCUT2D eigenvalue weighted by molar-refractivity contribution is -0.118. The maximum Gasteiger partial charge on any atom is 0.248 e. The molecule has 0 radical (unpaired) electrons. The molecule has 94 valence electrons. The van der Waals surface area contributed by atoms with E-state index in [0.29, 0.717) is 17.7 Å². The number of carbonyl (C=O) groups is 2. The lowest BCUT2D eigenvalue weighted by Crippen LogP contribution is -2.21. The minimum Gasteiger partial charge on any atom is -0.366 e. The number of anilines is 1. The van der Waals surface area contributed by atoms with Crippen molar-refractivity contribution in [3.05, 3.63) is 29.8 Å². The summed E-state index contributed by atoms with van der Waals surface area (Å²) in [6.07, 6.45) is 1.30. The molecule has 1 unspecified atom stereocenters. The highest BCUT2D eigenvalue weighted by Crippen LogP contribution is 2.12. The van der Waals surface area contributed by atoms with Gasteiger partial charge in [-0.25, -0.2) is 0 Å². The van der Waals surface area contributed by atoms with Gasteiger partial charge in [-0.1, -0.05) is 13.3 Å². The van der Waals surface area contributed by atoms with E-state index in [2.05, 4.69) is 5.32 Å². The third kappa shape index (κ3) is 3.59. The normalized spacial score (nSPS) is 11.3. The Labute approximate surface area is 106 Å². The standard InChI is InChI=1S/C13H15N3O2/c1-2-3-10(8-14)13(18)16-11-6-4-9(5-7-11)12(15)17/h4-7,10H,2-3H2,1H3,(H2,15,17)(H,16,18). The molecule has 1 aromatic rings. The van der Waals surface area contributed by atoms with Crippen molar-refractivity contribution in [2.24, 2.45) is 11.7 Å². The van der Waals surface area contributed by atoms with Crippen LogP contribution in [0, 0.1) is 17.2 Å². The number of carbonyl (C=O) groups excluding carboxylic acids is 2. The Morgan fingerprint density at radius 2 is 2.00 bits per heavy atom. The molecule has 18 heavy (non-hydrogen) atoms. The molecule has 0 saturated carbocycles. The van der Waals surface area contributed by atoms with E-state index in [-0.39, 0.29) is 5.91 Å². The smallest absolute Gasteiger partial charge is 0.248 e. The van der Waals surface area contributed by atoms with Crippen molar-refractivity contribution in [1.29, 1.82) is 5.26 Å². The molecular formula is C13H15N3O2. The van der Waals surface area contributed by atoms with E-state index >= 15 is 0 Å². The summed E-state index contributed by atoms with van der Waals surface area (Å²) in [6, 6.07) is 8.18. The lowest BCUT2D eigenvalue weighted by atomic mass is 10.0. The molecule has 1 rings (SSSR count). The van der Waals surface area contributed by atoms with Crippen LogP contribution in [-0.4, -0.2) is 11.8 Å². The fraction of sp³-hybridized carbons (Fsp3) is 0.308. The summed E-state index contributed by atoms with van der Waals surface area (Å²) in [5.41, 5.74) is 6.02. The van der Waals surface area contributed by atoms with Gasteiger partial charge in [0.25, 0.3) is 0 Å². The second-order valence-corrected chi connectivity index (χ2v) is 3.90. The molecule has 0 aliphatic heterocycles. The number of benzene rings is 1. The van der Waals surface area contributed by atoms with Crippen molar-refractivity contribution >= 4 is 17.5 Å². The number of amides is 2. The van der Waals surface area contributed by atoms with Gasteiger partial charge < -0.3 is 11.1 Å². The summed E-state index contributed by atoms with van der Waals surface area (Å²) in [7, 11) is 0. The number of primary amides is 1. The van der Waals surface area contributed by atoms with E-state index in [1.54, 1.807) is 12.1 Å². The molecular weight excluding hydrogens is 230 g/mol. The summed E-state index contributed by atoms with van der Waals surface area (Å²) < 4.78 is 0. The Bertz CT molecular complexity index is 474. The summed E-state index contributed by atoms with van der Waals surface area (Å²) in [5.74, 6) is -1.49. The molecule has 0 spiro atoms. The molecule has 0 aromatic heterocycles. The summed E-state index contributed by atoms with van der Waals surface area (Å²) >= 11 is 0. The monoisotopic (exact) mass is 245 g/mol. The topological polar surface area (TPSA) is 96.0 Å². The number of nitrogens with one attached hydrogen (secondary N) is 1. The highest BCUT2D eigenvalue weighted by atomic mass is 16.2.